The van der Waals surface area contributed by atoms with Crippen LogP contribution in [0.4, 0.5) is 11.8 Å². The highest BCUT2D eigenvalue weighted by molar-refractivity contribution is 5.90. The minimum Gasteiger partial charge on any atom is -0.352 e. The number of anilines is 2. The summed E-state index contributed by atoms with van der Waals surface area (Å²) in [5.74, 6) is 1.89. The summed E-state index contributed by atoms with van der Waals surface area (Å²) in [5, 5.41) is 16.1. The molecule has 0 aliphatic rings. The highest BCUT2D eigenvalue weighted by Gasteiger charge is 2.14. The van der Waals surface area contributed by atoms with Gasteiger partial charge in [-0.2, -0.15) is 0 Å². The molecule has 6 rings (SSSR count). The van der Waals surface area contributed by atoms with E-state index in [1.165, 1.54) is 0 Å². The summed E-state index contributed by atoms with van der Waals surface area (Å²) in [6, 6.07) is 23.5. The fraction of sp³-hybridized carbons (Fsp3) is 0.107. The highest BCUT2D eigenvalue weighted by Crippen LogP contribution is 2.25. The molecule has 0 atom stereocenters. The van der Waals surface area contributed by atoms with Crippen molar-refractivity contribution in [2.75, 3.05) is 5.32 Å². The monoisotopic (exact) mass is 488 g/mol. The number of nitrogens with zero attached hydrogens (tertiary/aromatic N) is 6. The number of carbonyl (C=O) groups excluding carboxylic acids is 1. The maximum Gasteiger partial charge on any atom is 0.224 e. The first-order valence-electron chi connectivity index (χ1n) is 11.9. The number of aromatic nitrogens is 6. The number of amides is 1. The lowest BCUT2D eigenvalue weighted by Crippen LogP contribution is -2.24. The van der Waals surface area contributed by atoms with E-state index < -0.39 is 0 Å². The Balaban J connectivity index is 1.22. The summed E-state index contributed by atoms with van der Waals surface area (Å²) in [5.41, 5.74) is 4.78. The van der Waals surface area contributed by atoms with Crippen molar-refractivity contribution < 1.29 is 4.79 Å². The number of carbonyl (C=O) groups is 1. The Morgan fingerprint density at radius 2 is 1.76 bits per heavy atom. The van der Waals surface area contributed by atoms with E-state index in [2.05, 4.69) is 30.8 Å². The first-order chi connectivity index (χ1) is 18.2. The molecule has 0 aliphatic carbocycles. The van der Waals surface area contributed by atoms with Crippen molar-refractivity contribution in [1.29, 1.82) is 0 Å². The van der Waals surface area contributed by atoms with E-state index in [0.29, 0.717) is 24.1 Å². The maximum atomic E-state index is 12.7. The normalized spacial score (nSPS) is 11.2. The van der Waals surface area contributed by atoms with Crippen LogP contribution in [0.1, 0.15) is 11.1 Å². The van der Waals surface area contributed by atoms with Gasteiger partial charge in [0, 0.05) is 37.6 Å². The number of nitrogens with one attached hydrogen (secondary N) is 2. The largest absolute Gasteiger partial charge is 0.352 e. The molecule has 37 heavy (non-hydrogen) atoms. The van der Waals surface area contributed by atoms with Crippen LogP contribution in [-0.4, -0.2) is 35.2 Å². The van der Waals surface area contributed by atoms with Gasteiger partial charge in [0.1, 0.15) is 0 Å². The third-order valence-corrected chi connectivity index (χ3v) is 6.28. The summed E-state index contributed by atoms with van der Waals surface area (Å²) in [6.45, 7) is 0.441. The number of hydrogen-bond acceptors (Lipinski definition) is 6. The summed E-state index contributed by atoms with van der Waals surface area (Å²) >= 11 is 0. The molecule has 9 heteroatoms. The summed E-state index contributed by atoms with van der Waals surface area (Å²) in [6.07, 6.45) is 5.68. The first kappa shape index (κ1) is 22.4. The van der Waals surface area contributed by atoms with E-state index in [0.717, 1.165) is 33.1 Å². The molecule has 4 heterocycles. The molecule has 0 spiro atoms. The molecule has 0 radical (unpaired) electrons. The minimum atomic E-state index is -0.0557. The molecule has 0 bridgehead atoms. The maximum absolute atomic E-state index is 12.7. The number of pyridine rings is 1. The Bertz CT molecular complexity index is 1700. The van der Waals surface area contributed by atoms with Gasteiger partial charge in [-0.15, -0.1) is 10.2 Å². The molecular formula is C28H24N8O. The molecule has 182 valence electrons. The third kappa shape index (κ3) is 4.50. The number of hydrogen-bond donors (Lipinski definition) is 2. The van der Waals surface area contributed by atoms with Crippen molar-refractivity contribution in [2.45, 2.75) is 13.0 Å². The molecule has 2 aromatic carbocycles. The molecule has 0 unspecified atom stereocenters. The van der Waals surface area contributed by atoms with E-state index >= 15 is 0 Å². The lowest BCUT2D eigenvalue weighted by Gasteiger charge is -2.07. The molecule has 0 saturated heterocycles. The van der Waals surface area contributed by atoms with Crippen LogP contribution in [0.5, 0.6) is 0 Å². The quantitative estimate of drug-likeness (QED) is 0.347. The second kappa shape index (κ2) is 9.54. The number of imidazole rings is 1. The summed E-state index contributed by atoms with van der Waals surface area (Å²) < 4.78 is 3.95. The van der Waals surface area contributed by atoms with Gasteiger partial charge in [0.2, 0.25) is 11.9 Å². The molecule has 4 aromatic heterocycles. The van der Waals surface area contributed by atoms with Gasteiger partial charge in [-0.25, -0.2) is 4.98 Å². The highest BCUT2D eigenvalue weighted by atomic mass is 16.1. The van der Waals surface area contributed by atoms with E-state index in [-0.39, 0.29) is 12.3 Å². The van der Waals surface area contributed by atoms with Crippen molar-refractivity contribution in [2.24, 2.45) is 7.05 Å². The number of para-hydroxylation sites is 3. The van der Waals surface area contributed by atoms with Gasteiger partial charge >= 0.3 is 0 Å². The topological polar surface area (TPSA) is 103 Å². The molecule has 0 fully saturated rings. The van der Waals surface area contributed by atoms with Crippen LogP contribution in [0.3, 0.4) is 0 Å². The number of aryl methyl sites for hydroxylation is 1. The zero-order chi connectivity index (χ0) is 25.2. The van der Waals surface area contributed by atoms with Gasteiger partial charge in [-0.05, 0) is 47.5 Å². The van der Waals surface area contributed by atoms with Gasteiger partial charge in [0.05, 0.1) is 23.0 Å². The van der Waals surface area contributed by atoms with Gasteiger partial charge in [0.25, 0.3) is 0 Å². The van der Waals surface area contributed by atoms with Crippen LogP contribution in [0.25, 0.3) is 27.8 Å². The van der Waals surface area contributed by atoms with Crippen molar-refractivity contribution in [3.05, 3.63) is 103 Å². The van der Waals surface area contributed by atoms with Crippen LogP contribution in [0.15, 0.2) is 91.4 Å². The molecule has 0 saturated carbocycles. The lowest BCUT2D eigenvalue weighted by molar-refractivity contribution is -0.120. The summed E-state index contributed by atoms with van der Waals surface area (Å²) in [4.78, 5) is 21.4. The van der Waals surface area contributed by atoms with Crippen molar-refractivity contribution in [3.63, 3.8) is 0 Å². The predicted molar refractivity (Wildman–Crippen MR) is 143 cm³/mol. The molecular weight excluding hydrogens is 464 g/mol. The smallest absolute Gasteiger partial charge is 0.224 e. The average molecular weight is 489 g/mol. The Hall–Kier alpha value is -5.05. The third-order valence-electron chi connectivity index (χ3n) is 6.28. The Labute approximate surface area is 212 Å². The van der Waals surface area contributed by atoms with Gasteiger partial charge in [-0.1, -0.05) is 36.4 Å². The molecule has 2 N–H and O–H groups in total. The van der Waals surface area contributed by atoms with Crippen molar-refractivity contribution in [3.8, 4) is 5.82 Å². The van der Waals surface area contributed by atoms with Crippen LogP contribution >= 0.6 is 0 Å². The zero-order valence-electron chi connectivity index (χ0n) is 20.2. The summed E-state index contributed by atoms with van der Waals surface area (Å²) in [7, 11) is 1.96. The van der Waals surface area contributed by atoms with E-state index in [1.54, 1.807) is 12.4 Å². The number of rotatable bonds is 7. The van der Waals surface area contributed by atoms with Crippen LogP contribution < -0.4 is 10.6 Å². The van der Waals surface area contributed by atoms with E-state index in [9.17, 15) is 4.79 Å². The SMILES string of the molecule is Cn1c(Nc2ccc(-n3cc(CC(=O)NCc4cccnc4)c4ccccc43)nn2)nc2ccccc21. The standard InChI is InChI=1S/C28H24N8O/c1-35-24-11-5-3-9-22(24)31-28(35)32-25-12-13-26(34-33-25)36-18-20(21-8-2-4-10-23(21)36)15-27(37)30-17-19-7-6-14-29-16-19/h2-14,16,18H,15,17H2,1H3,(H,30,37)(H,31,32,33). The fourth-order valence-corrected chi connectivity index (χ4v) is 4.41. The lowest BCUT2D eigenvalue weighted by atomic mass is 10.1. The Morgan fingerprint density at radius 3 is 2.54 bits per heavy atom. The molecule has 1 amide bonds. The Kier molecular flexibility index (Phi) is 5.78. The van der Waals surface area contributed by atoms with E-state index in [4.69, 9.17) is 0 Å². The van der Waals surface area contributed by atoms with E-state index in [1.807, 2.05) is 95.2 Å². The van der Waals surface area contributed by atoms with Crippen LogP contribution in [0.2, 0.25) is 0 Å². The second-order valence-corrected chi connectivity index (χ2v) is 8.74. The van der Waals surface area contributed by atoms with Gasteiger partial charge in [-0.3, -0.25) is 14.3 Å². The predicted octanol–water partition coefficient (Wildman–Crippen LogP) is 4.30. The van der Waals surface area contributed by atoms with Gasteiger partial charge in [0.15, 0.2) is 11.6 Å². The van der Waals surface area contributed by atoms with Crippen molar-refractivity contribution in [1.82, 2.24) is 34.6 Å². The zero-order valence-corrected chi connectivity index (χ0v) is 20.2. The second-order valence-electron chi connectivity index (χ2n) is 8.74. The van der Waals surface area contributed by atoms with Gasteiger partial charge < -0.3 is 15.2 Å². The number of benzene rings is 2. The minimum absolute atomic E-state index is 0.0557. The fourth-order valence-electron chi connectivity index (χ4n) is 4.41. The molecule has 0 aliphatic heterocycles. The van der Waals surface area contributed by atoms with Crippen LogP contribution in [-0.2, 0) is 24.8 Å². The molecule has 9 nitrogen and oxygen atoms in total. The van der Waals surface area contributed by atoms with Crippen molar-refractivity contribution >= 4 is 39.6 Å². The molecule has 6 aromatic rings. The Morgan fingerprint density at radius 1 is 0.919 bits per heavy atom. The average Bonchev–Trinajstić information content (AvgIpc) is 3.46. The number of fused-ring (bicyclic) bond motifs is 2. The van der Waals surface area contributed by atoms with Crippen LogP contribution in [0, 0.1) is 0 Å². The first-order valence-corrected chi connectivity index (χ1v) is 11.9.